The fourth-order valence-electron chi connectivity index (χ4n) is 1.90. The Bertz CT molecular complexity index is 265. The summed E-state index contributed by atoms with van der Waals surface area (Å²) in [5.74, 6) is 2.84. The van der Waals surface area contributed by atoms with Gasteiger partial charge in [-0.05, 0) is 44.9 Å². The van der Waals surface area contributed by atoms with Gasteiger partial charge < -0.3 is 9.73 Å². The highest BCUT2D eigenvalue weighted by Crippen LogP contribution is 2.26. The van der Waals surface area contributed by atoms with Crippen LogP contribution in [0.3, 0.4) is 0 Å². The van der Waals surface area contributed by atoms with E-state index >= 15 is 0 Å². The summed E-state index contributed by atoms with van der Waals surface area (Å²) in [4.78, 5) is 0. The first-order chi connectivity index (χ1) is 6.27. The van der Waals surface area contributed by atoms with E-state index in [1.54, 1.807) is 0 Å². The highest BCUT2D eigenvalue weighted by molar-refractivity contribution is 5.21. The maximum absolute atomic E-state index is 5.71. The van der Waals surface area contributed by atoms with Crippen molar-refractivity contribution in [3.8, 4) is 0 Å². The first-order valence-corrected chi connectivity index (χ1v) is 5.05. The van der Waals surface area contributed by atoms with Crippen LogP contribution in [0.5, 0.6) is 0 Å². The summed E-state index contributed by atoms with van der Waals surface area (Å²) in [6.45, 7) is 6.38. The highest BCUT2D eigenvalue weighted by Gasteiger charge is 2.18. The largest absolute Gasteiger partial charge is 0.466 e. The van der Waals surface area contributed by atoms with Crippen molar-refractivity contribution in [2.75, 3.05) is 13.1 Å². The van der Waals surface area contributed by atoms with Crippen molar-refractivity contribution in [3.63, 3.8) is 0 Å². The second-order valence-electron chi connectivity index (χ2n) is 3.93. The van der Waals surface area contributed by atoms with Crippen LogP contribution in [0.25, 0.3) is 0 Å². The first-order valence-electron chi connectivity index (χ1n) is 5.05. The van der Waals surface area contributed by atoms with E-state index in [4.69, 9.17) is 4.42 Å². The number of rotatable bonds is 1. The Balaban J connectivity index is 2.14. The molecule has 2 rings (SSSR count). The monoisotopic (exact) mass is 179 g/mol. The van der Waals surface area contributed by atoms with Gasteiger partial charge in [0.1, 0.15) is 11.5 Å². The number of nitrogens with one attached hydrogen (secondary N) is 1. The molecule has 1 aliphatic heterocycles. The molecule has 1 saturated heterocycles. The highest BCUT2D eigenvalue weighted by atomic mass is 16.3. The summed E-state index contributed by atoms with van der Waals surface area (Å²) in [5, 5.41) is 3.40. The molecule has 0 amide bonds. The van der Waals surface area contributed by atoms with Gasteiger partial charge in [-0.1, -0.05) is 0 Å². The molecule has 72 valence electrons. The van der Waals surface area contributed by atoms with Crippen molar-refractivity contribution in [2.45, 2.75) is 32.6 Å². The SMILES string of the molecule is Cc1cc(C2CCCNC2)oc1C. The van der Waals surface area contributed by atoms with Crippen molar-refractivity contribution in [1.29, 1.82) is 0 Å². The molecule has 0 saturated carbocycles. The molecule has 0 aromatic carbocycles. The molecule has 0 radical (unpaired) electrons. The molecule has 0 bridgehead atoms. The standard InChI is InChI=1S/C11H17NO/c1-8-6-11(13-9(8)2)10-4-3-5-12-7-10/h6,10,12H,3-5,7H2,1-2H3. The number of aryl methyl sites for hydroxylation is 2. The molecule has 2 heteroatoms. The van der Waals surface area contributed by atoms with Gasteiger partial charge >= 0.3 is 0 Å². The zero-order valence-corrected chi connectivity index (χ0v) is 8.39. The minimum Gasteiger partial charge on any atom is -0.466 e. The summed E-state index contributed by atoms with van der Waals surface area (Å²) < 4.78 is 5.71. The van der Waals surface area contributed by atoms with E-state index in [9.17, 15) is 0 Å². The van der Waals surface area contributed by atoms with Crippen LogP contribution in [0.1, 0.15) is 35.8 Å². The smallest absolute Gasteiger partial charge is 0.108 e. The van der Waals surface area contributed by atoms with Gasteiger partial charge in [-0.3, -0.25) is 0 Å². The minimum absolute atomic E-state index is 0.598. The fourth-order valence-corrected chi connectivity index (χ4v) is 1.90. The van der Waals surface area contributed by atoms with E-state index in [0.29, 0.717) is 5.92 Å². The van der Waals surface area contributed by atoms with E-state index < -0.39 is 0 Å². The predicted octanol–water partition coefficient (Wildman–Crippen LogP) is 2.36. The van der Waals surface area contributed by atoms with Crippen LogP contribution in [0, 0.1) is 13.8 Å². The van der Waals surface area contributed by atoms with Gasteiger partial charge in [0, 0.05) is 12.5 Å². The van der Waals surface area contributed by atoms with Crippen LogP contribution in [-0.2, 0) is 0 Å². The zero-order chi connectivity index (χ0) is 9.26. The molecule has 0 spiro atoms. The van der Waals surface area contributed by atoms with E-state index in [-0.39, 0.29) is 0 Å². The van der Waals surface area contributed by atoms with Gasteiger partial charge in [-0.15, -0.1) is 0 Å². The van der Waals surface area contributed by atoms with Crippen molar-refractivity contribution in [3.05, 3.63) is 23.2 Å². The molecule has 1 aliphatic rings. The summed E-state index contributed by atoms with van der Waals surface area (Å²) in [7, 11) is 0. The third-order valence-electron chi connectivity index (χ3n) is 2.88. The third kappa shape index (κ3) is 1.78. The van der Waals surface area contributed by atoms with Gasteiger partial charge in [0.2, 0.25) is 0 Å². The number of hydrogen-bond acceptors (Lipinski definition) is 2. The lowest BCUT2D eigenvalue weighted by molar-refractivity contribution is 0.379. The lowest BCUT2D eigenvalue weighted by atomic mass is 9.97. The Morgan fingerprint density at radius 3 is 2.85 bits per heavy atom. The molecule has 1 aromatic heterocycles. The topological polar surface area (TPSA) is 25.2 Å². The fraction of sp³-hybridized carbons (Fsp3) is 0.636. The molecule has 1 N–H and O–H groups in total. The Kier molecular flexibility index (Phi) is 2.40. The van der Waals surface area contributed by atoms with Crippen molar-refractivity contribution in [1.82, 2.24) is 5.32 Å². The molecular weight excluding hydrogens is 162 g/mol. The molecule has 1 unspecified atom stereocenters. The van der Waals surface area contributed by atoms with Crippen LogP contribution >= 0.6 is 0 Å². The second kappa shape index (κ2) is 3.54. The molecule has 2 nitrogen and oxygen atoms in total. The summed E-state index contributed by atoms with van der Waals surface area (Å²) in [6, 6.07) is 2.19. The molecule has 13 heavy (non-hydrogen) atoms. The Labute approximate surface area is 79.3 Å². The van der Waals surface area contributed by atoms with Crippen molar-refractivity contribution in [2.24, 2.45) is 0 Å². The first kappa shape index (κ1) is 8.82. The minimum atomic E-state index is 0.598. The van der Waals surface area contributed by atoms with Crippen molar-refractivity contribution < 1.29 is 4.42 Å². The van der Waals surface area contributed by atoms with Gasteiger partial charge in [0.25, 0.3) is 0 Å². The molecule has 1 fully saturated rings. The average molecular weight is 179 g/mol. The molecule has 1 aromatic rings. The van der Waals surface area contributed by atoms with Gasteiger partial charge in [0.05, 0.1) is 0 Å². The molecule has 0 aliphatic carbocycles. The lowest BCUT2D eigenvalue weighted by Crippen LogP contribution is -2.28. The Hall–Kier alpha value is -0.760. The zero-order valence-electron chi connectivity index (χ0n) is 8.39. The maximum atomic E-state index is 5.71. The van der Waals surface area contributed by atoms with Crippen LogP contribution < -0.4 is 5.32 Å². The molecule has 2 heterocycles. The maximum Gasteiger partial charge on any atom is 0.108 e. The van der Waals surface area contributed by atoms with E-state index in [0.717, 1.165) is 18.8 Å². The second-order valence-corrected chi connectivity index (χ2v) is 3.93. The van der Waals surface area contributed by atoms with Gasteiger partial charge in [-0.2, -0.15) is 0 Å². The normalized spacial score (nSPS) is 23.4. The van der Waals surface area contributed by atoms with Crippen LogP contribution in [0.2, 0.25) is 0 Å². The number of furan rings is 1. The van der Waals surface area contributed by atoms with E-state index in [1.165, 1.54) is 24.2 Å². The Morgan fingerprint density at radius 2 is 2.31 bits per heavy atom. The number of hydrogen-bond donors (Lipinski definition) is 1. The molecule has 1 atom stereocenters. The van der Waals surface area contributed by atoms with Crippen LogP contribution in [0.15, 0.2) is 10.5 Å². The van der Waals surface area contributed by atoms with E-state index in [1.807, 2.05) is 6.92 Å². The summed E-state index contributed by atoms with van der Waals surface area (Å²) in [6.07, 6.45) is 2.53. The lowest BCUT2D eigenvalue weighted by Gasteiger charge is -2.20. The van der Waals surface area contributed by atoms with E-state index in [2.05, 4.69) is 18.3 Å². The summed E-state index contributed by atoms with van der Waals surface area (Å²) >= 11 is 0. The number of piperidine rings is 1. The predicted molar refractivity (Wildman–Crippen MR) is 53.0 cm³/mol. The quantitative estimate of drug-likeness (QED) is 0.716. The van der Waals surface area contributed by atoms with Gasteiger partial charge in [-0.25, -0.2) is 0 Å². The van der Waals surface area contributed by atoms with Crippen molar-refractivity contribution >= 4 is 0 Å². The third-order valence-corrected chi connectivity index (χ3v) is 2.88. The Morgan fingerprint density at radius 1 is 1.46 bits per heavy atom. The van der Waals surface area contributed by atoms with Crippen LogP contribution in [-0.4, -0.2) is 13.1 Å². The van der Waals surface area contributed by atoms with Gasteiger partial charge in [0.15, 0.2) is 0 Å². The van der Waals surface area contributed by atoms with Crippen LogP contribution in [0.4, 0.5) is 0 Å². The summed E-state index contributed by atoms with van der Waals surface area (Å²) in [5.41, 5.74) is 1.28. The average Bonchev–Trinajstić information content (AvgIpc) is 2.49. The molecular formula is C11H17NO.